The highest BCUT2D eigenvalue weighted by molar-refractivity contribution is 5.60. The fourth-order valence-corrected chi connectivity index (χ4v) is 1.46. The monoisotopic (exact) mass is 277 g/mol. The van der Waals surface area contributed by atoms with Crippen molar-refractivity contribution in [3.8, 4) is 11.3 Å². The molecule has 0 saturated heterocycles. The number of alkyl halides is 3. The Bertz CT molecular complexity index is 603. The lowest BCUT2D eigenvalue weighted by Crippen LogP contribution is -2.04. The first-order chi connectivity index (χ1) is 8.79. The summed E-state index contributed by atoms with van der Waals surface area (Å²) in [5.41, 5.74) is -1.56. The van der Waals surface area contributed by atoms with Gasteiger partial charge in [0, 0.05) is 11.6 Å². The molecule has 0 spiro atoms. The molecule has 19 heavy (non-hydrogen) atoms. The fourth-order valence-electron chi connectivity index (χ4n) is 1.46. The molecule has 0 atom stereocenters. The predicted molar refractivity (Wildman–Crippen MR) is 54.5 cm³/mol. The zero-order chi connectivity index (χ0) is 14.2. The highest BCUT2D eigenvalue weighted by atomic mass is 19.4. The topological polar surface area (TPSA) is 12.9 Å². The molecule has 0 fully saturated rings. The van der Waals surface area contributed by atoms with Crippen LogP contribution in [0.4, 0.5) is 26.3 Å². The van der Waals surface area contributed by atoms with Crippen LogP contribution in [0.25, 0.3) is 11.3 Å². The highest BCUT2D eigenvalue weighted by Gasteiger charge is 2.30. The van der Waals surface area contributed by atoms with Gasteiger partial charge in [-0.15, -0.1) is 0 Å². The lowest BCUT2D eigenvalue weighted by atomic mass is 10.1. The number of hydrogen-bond donors (Lipinski definition) is 0. The fraction of sp³-hybridized carbons (Fsp3) is 0.0833. The molecule has 0 amide bonds. The maximum absolute atomic E-state index is 13.4. The molecule has 0 aliphatic heterocycles. The molecule has 1 nitrogen and oxygen atoms in total. The summed E-state index contributed by atoms with van der Waals surface area (Å²) in [7, 11) is 0. The maximum atomic E-state index is 13.4. The van der Waals surface area contributed by atoms with Gasteiger partial charge in [0.05, 0.1) is 5.56 Å². The molecule has 1 aromatic carbocycles. The molecular weight excluding hydrogens is 272 g/mol. The summed E-state index contributed by atoms with van der Waals surface area (Å²) in [5, 5.41) is 0. The molecule has 7 heteroatoms. The van der Waals surface area contributed by atoms with Gasteiger partial charge in [-0.3, -0.25) is 0 Å². The highest BCUT2D eigenvalue weighted by Crippen LogP contribution is 2.31. The van der Waals surface area contributed by atoms with E-state index < -0.39 is 35.0 Å². The Labute approximate surface area is 103 Å². The van der Waals surface area contributed by atoms with Crippen LogP contribution < -0.4 is 0 Å². The molecule has 2 rings (SSSR count). The van der Waals surface area contributed by atoms with Crippen LogP contribution in [0.2, 0.25) is 0 Å². The smallest absolute Gasteiger partial charge is 0.214 e. The van der Waals surface area contributed by atoms with Crippen LogP contribution in [-0.2, 0) is 6.18 Å². The van der Waals surface area contributed by atoms with Crippen molar-refractivity contribution in [3.63, 3.8) is 0 Å². The van der Waals surface area contributed by atoms with Crippen molar-refractivity contribution in [2.45, 2.75) is 6.18 Å². The molecule has 1 heterocycles. The number of benzene rings is 1. The molecule has 0 aliphatic carbocycles. The summed E-state index contributed by atoms with van der Waals surface area (Å²) < 4.78 is 75.9. The van der Waals surface area contributed by atoms with Crippen LogP contribution >= 0.6 is 0 Å². The lowest BCUT2D eigenvalue weighted by molar-refractivity contribution is -0.137. The van der Waals surface area contributed by atoms with Crippen LogP contribution in [0.3, 0.4) is 0 Å². The van der Waals surface area contributed by atoms with Gasteiger partial charge in [0.15, 0.2) is 11.6 Å². The summed E-state index contributed by atoms with van der Waals surface area (Å²) in [6, 6.07) is 3.57. The van der Waals surface area contributed by atoms with E-state index in [2.05, 4.69) is 4.98 Å². The molecule has 0 saturated carbocycles. The molecular formula is C12H5F6N. The molecule has 0 unspecified atom stereocenters. The third-order valence-electron chi connectivity index (χ3n) is 2.37. The summed E-state index contributed by atoms with van der Waals surface area (Å²) in [4.78, 5) is 3.04. The summed E-state index contributed by atoms with van der Waals surface area (Å²) in [6.45, 7) is 0. The van der Waals surface area contributed by atoms with Gasteiger partial charge in [0.2, 0.25) is 5.95 Å². The standard InChI is InChI=1S/C12H5F6N/c13-8-5-9(14)11(15)19-10(8)6-1-3-7(4-2-6)12(16,17)18/h1-5H. The van der Waals surface area contributed by atoms with Gasteiger partial charge < -0.3 is 0 Å². The Hall–Kier alpha value is -2.05. The van der Waals surface area contributed by atoms with Gasteiger partial charge in [-0.1, -0.05) is 12.1 Å². The first-order valence-corrected chi connectivity index (χ1v) is 4.98. The third kappa shape index (κ3) is 2.69. The van der Waals surface area contributed by atoms with E-state index in [1.54, 1.807) is 0 Å². The van der Waals surface area contributed by atoms with Gasteiger partial charge in [0.1, 0.15) is 5.69 Å². The van der Waals surface area contributed by atoms with E-state index in [0.29, 0.717) is 12.1 Å². The second kappa shape index (κ2) is 4.56. The molecule has 0 N–H and O–H groups in total. The van der Waals surface area contributed by atoms with Crippen molar-refractivity contribution >= 4 is 0 Å². The summed E-state index contributed by atoms with van der Waals surface area (Å²) in [5.74, 6) is -4.14. The van der Waals surface area contributed by atoms with Crippen molar-refractivity contribution in [3.05, 3.63) is 53.5 Å². The van der Waals surface area contributed by atoms with Gasteiger partial charge in [0.25, 0.3) is 0 Å². The number of pyridine rings is 1. The van der Waals surface area contributed by atoms with Crippen LogP contribution in [0.5, 0.6) is 0 Å². The van der Waals surface area contributed by atoms with E-state index in [1.165, 1.54) is 0 Å². The zero-order valence-electron chi connectivity index (χ0n) is 9.10. The lowest BCUT2D eigenvalue weighted by Gasteiger charge is -2.08. The minimum atomic E-state index is -4.53. The van der Waals surface area contributed by atoms with E-state index in [9.17, 15) is 26.3 Å². The Morgan fingerprint density at radius 1 is 0.842 bits per heavy atom. The Morgan fingerprint density at radius 3 is 1.95 bits per heavy atom. The minimum absolute atomic E-state index is 0.0793. The van der Waals surface area contributed by atoms with Gasteiger partial charge in [-0.05, 0) is 12.1 Å². The number of nitrogens with zero attached hydrogens (tertiary/aromatic N) is 1. The van der Waals surface area contributed by atoms with Crippen LogP contribution in [-0.4, -0.2) is 4.98 Å². The van der Waals surface area contributed by atoms with Crippen molar-refractivity contribution < 1.29 is 26.3 Å². The maximum Gasteiger partial charge on any atom is 0.416 e. The van der Waals surface area contributed by atoms with Gasteiger partial charge >= 0.3 is 6.18 Å². The number of aromatic nitrogens is 1. The average molecular weight is 277 g/mol. The first kappa shape index (κ1) is 13.4. The van der Waals surface area contributed by atoms with Crippen molar-refractivity contribution in [1.82, 2.24) is 4.98 Å². The van der Waals surface area contributed by atoms with E-state index in [1.807, 2.05) is 0 Å². The number of rotatable bonds is 1. The Morgan fingerprint density at radius 2 is 1.42 bits per heavy atom. The van der Waals surface area contributed by atoms with Crippen LogP contribution in [0.15, 0.2) is 30.3 Å². The SMILES string of the molecule is Fc1cc(F)c(-c2ccc(C(F)(F)F)cc2)nc1F. The number of hydrogen-bond acceptors (Lipinski definition) is 1. The van der Waals surface area contributed by atoms with Crippen molar-refractivity contribution in [2.24, 2.45) is 0 Å². The van der Waals surface area contributed by atoms with Gasteiger partial charge in [-0.2, -0.15) is 17.6 Å². The second-order valence-corrected chi connectivity index (χ2v) is 3.67. The molecule has 0 aliphatic rings. The van der Waals surface area contributed by atoms with Crippen molar-refractivity contribution in [1.29, 1.82) is 0 Å². The third-order valence-corrected chi connectivity index (χ3v) is 2.37. The normalized spacial score (nSPS) is 11.7. The quantitative estimate of drug-likeness (QED) is 0.562. The van der Waals surface area contributed by atoms with Crippen LogP contribution in [0, 0.1) is 17.6 Å². The van der Waals surface area contributed by atoms with Crippen molar-refractivity contribution in [2.75, 3.05) is 0 Å². The number of halogens is 6. The van der Waals surface area contributed by atoms with Crippen LogP contribution in [0.1, 0.15) is 5.56 Å². The van der Waals surface area contributed by atoms with E-state index in [0.717, 1.165) is 12.1 Å². The predicted octanol–water partition coefficient (Wildman–Crippen LogP) is 4.18. The zero-order valence-corrected chi connectivity index (χ0v) is 9.10. The largest absolute Gasteiger partial charge is 0.416 e. The Balaban J connectivity index is 2.46. The van der Waals surface area contributed by atoms with E-state index >= 15 is 0 Å². The second-order valence-electron chi connectivity index (χ2n) is 3.67. The average Bonchev–Trinajstić information content (AvgIpc) is 2.33. The molecule has 2 aromatic rings. The van der Waals surface area contributed by atoms with E-state index in [4.69, 9.17) is 0 Å². The van der Waals surface area contributed by atoms with Gasteiger partial charge in [-0.25, -0.2) is 13.8 Å². The molecule has 1 aromatic heterocycles. The summed E-state index contributed by atoms with van der Waals surface area (Å²) >= 11 is 0. The molecule has 0 bridgehead atoms. The first-order valence-electron chi connectivity index (χ1n) is 4.98. The molecule has 100 valence electrons. The molecule has 0 radical (unpaired) electrons. The summed E-state index contributed by atoms with van der Waals surface area (Å²) in [6.07, 6.45) is -4.53. The minimum Gasteiger partial charge on any atom is -0.214 e. The Kier molecular flexibility index (Phi) is 3.21. The van der Waals surface area contributed by atoms with E-state index in [-0.39, 0.29) is 11.6 Å².